The number of carbonyl (C=O) groups excluding carboxylic acids is 6. The number of rotatable bonds is 22. The van der Waals surface area contributed by atoms with Crippen molar-refractivity contribution in [3.05, 3.63) is 186 Å². The van der Waals surface area contributed by atoms with E-state index < -0.39 is 113 Å². The molecule has 0 saturated carbocycles. The molecule has 4 heterocycles. The Morgan fingerprint density at radius 1 is 0.650 bits per heavy atom. The summed E-state index contributed by atoms with van der Waals surface area (Å²) >= 11 is 31.9. The number of hydrogen-bond donors (Lipinski definition) is 5. The van der Waals surface area contributed by atoms with Crippen molar-refractivity contribution in [2.45, 2.75) is 81.9 Å². The molecule has 0 radical (unpaired) electrons. The maximum atomic E-state index is 13.8. The number of carboxylic acid groups (broad SMARTS) is 3. The number of esters is 3. The Kier molecular flexibility index (Phi) is 24.8. The number of hydrogen-bond acceptors (Lipinski definition) is 20. The number of Topliss-reactive ketones (excluding diaryl/α,β-unsaturated/α-hetero) is 1. The quantitative estimate of drug-likeness (QED) is 0.00801. The lowest BCUT2D eigenvalue weighted by molar-refractivity contribution is -0.436. The number of aromatic nitrogens is 1. The highest BCUT2D eigenvalue weighted by atomic mass is 35.5. The van der Waals surface area contributed by atoms with Crippen molar-refractivity contribution >= 4 is 177 Å². The van der Waals surface area contributed by atoms with Gasteiger partial charge in [0, 0.05) is 58.4 Å². The molecule has 0 saturated heterocycles. The number of ketones is 1. The summed E-state index contributed by atoms with van der Waals surface area (Å²) in [5.74, 6) is -8.74. The van der Waals surface area contributed by atoms with E-state index in [1.54, 1.807) is 6.07 Å². The zero-order chi connectivity index (χ0) is 72.9. The number of nitrogens with zero attached hydrogens (tertiary/aromatic N) is 4. The van der Waals surface area contributed by atoms with Crippen molar-refractivity contribution < 1.29 is 108 Å². The van der Waals surface area contributed by atoms with Gasteiger partial charge in [0.1, 0.15) is 30.3 Å². The molecular weight excluding hydrogens is 1450 g/mol. The molecule has 26 nitrogen and oxygen atoms in total. The molecular formula is C67H59Cl5N4O22S2. The molecule has 0 spiro atoms. The summed E-state index contributed by atoms with van der Waals surface area (Å²) in [5.41, 5.74) is 3.50. The van der Waals surface area contributed by atoms with Crippen LogP contribution in [0.4, 0.5) is 17.1 Å². The average Bonchev–Trinajstić information content (AvgIpc) is 1.59. The van der Waals surface area contributed by atoms with Crippen molar-refractivity contribution in [2.75, 3.05) is 42.7 Å². The fourth-order valence-electron chi connectivity index (χ4n) is 11.6. The van der Waals surface area contributed by atoms with E-state index in [0.29, 0.717) is 23.4 Å². The maximum absolute atomic E-state index is 13.8. The van der Waals surface area contributed by atoms with E-state index in [1.165, 1.54) is 24.3 Å². The number of allylic oxidation sites excluding steroid dienone is 5. The van der Waals surface area contributed by atoms with E-state index in [9.17, 15) is 61.2 Å². The highest BCUT2D eigenvalue weighted by Crippen LogP contribution is 2.51. The third-order valence-electron chi connectivity index (χ3n) is 16.1. The van der Waals surface area contributed by atoms with Crippen LogP contribution in [0.2, 0.25) is 25.1 Å². The molecule has 10 rings (SSSR count). The van der Waals surface area contributed by atoms with Gasteiger partial charge in [0.25, 0.3) is 21.9 Å². The zero-order valence-electron chi connectivity index (χ0n) is 53.3. The molecule has 6 aromatic rings. The van der Waals surface area contributed by atoms with Gasteiger partial charge in [-0.15, -0.1) is 12.6 Å². The fraction of sp³-hybridized carbons (Fsp3) is 0.254. The number of halogens is 5. The smallest absolute Gasteiger partial charge is 0.425 e. The Hall–Kier alpha value is -9.39. The summed E-state index contributed by atoms with van der Waals surface area (Å²) in [6.07, 6.45) is 5.28. The predicted octanol–water partition coefficient (Wildman–Crippen LogP) is 11.3. The number of ether oxygens (including phenoxy) is 3. The van der Waals surface area contributed by atoms with Gasteiger partial charge in [-0.2, -0.15) is 13.0 Å². The number of imide groups is 1. The van der Waals surface area contributed by atoms with Crippen LogP contribution in [0.15, 0.2) is 114 Å². The second kappa shape index (κ2) is 31.9. The molecule has 5 aromatic carbocycles. The third kappa shape index (κ3) is 16.4. The third-order valence-corrected chi connectivity index (χ3v) is 19.1. The summed E-state index contributed by atoms with van der Waals surface area (Å²) < 4.78 is 75.7. The van der Waals surface area contributed by atoms with Crippen LogP contribution in [0, 0.1) is 7.43 Å². The molecule has 0 fully saturated rings. The minimum atomic E-state index is -4.95. The first kappa shape index (κ1) is 78.0. The van der Waals surface area contributed by atoms with E-state index in [4.69, 9.17) is 95.4 Å². The number of aliphatic carboxylic acids is 3. The van der Waals surface area contributed by atoms with Gasteiger partial charge in [-0.25, -0.2) is 14.7 Å². The molecule has 1 aromatic heterocycles. The van der Waals surface area contributed by atoms with Crippen LogP contribution in [0.3, 0.4) is 0 Å². The van der Waals surface area contributed by atoms with Gasteiger partial charge in [0.05, 0.1) is 89.0 Å². The second-order valence-corrected chi connectivity index (χ2v) is 26.7. The first-order valence-electron chi connectivity index (χ1n) is 29.4. The molecule has 33 heteroatoms. The topological polar surface area (TPSA) is 390 Å². The molecule has 526 valence electrons. The van der Waals surface area contributed by atoms with Crippen molar-refractivity contribution in [1.82, 2.24) is 4.98 Å². The van der Waals surface area contributed by atoms with Crippen LogP contribution in [0.5, 0.6) is 0 Å². The lowest BCUT2D eigenvalue weighted by atomic mass is 9.81. The number of carboxylic acids is 3. The fourth-order valence-corrected chi connectivity index (χ4v) is 14.1. The van der Waals surface area contributed by atoms with Crippen LogP contribution in [-0.2, 0) is 81.0 Å². The van der Waals surface area contributed by atoms with Crippen LogP contribution in [-0.4, -0.2) is 148 Å². The molecule has 0 bridgehead atoms. The minimum absolute atomic E-state index is 0. The minimum Gasteiger partial charge on any atom is -0.506 e. The van der Waals surface area contributed by atoms with Gasteiger partial charge in [0.2, 0.25) is 11.5 Å². The highest BCUT2D eigenvalue weighted by molar-refractivity contribution is 7.86. The lowest BCUT2D eigenvalue weighted by Crippen LogP contribution is -2.29. The first-order chi connectivity index (χ1) is 46.5. The molecule has 3 aliphatic heterocycles. The number of anilines is 2. The molecule has 0 atom stereocenters. The Labute approximate surface area is 597 Å². The standard InChI is InChI=1S/C35H40N2O8.C31H15Cl5N2O11S.CH3.O3S/c1-34(2)24-10-5-7-12-26(24)36(20-16-32(42)44-22-18-30(38)39)28(34)14-9-15-29-35(3,4)25-11-6-8-13-27(25)37(29)21-17-33(43)45-23-19-31(40)41;32-12-8-15(50(46,47)48)25(35)22-18(12)30(44)38(31(22)45)14-3-1-2-10-4-6-13(37-27(10)14)19-28(42)20-21(29(19)43)26(36)24(34)11(23(20)33)5-7-17(41)49-9-16(39)40;;1-4(2)3/h5-15H,16-23H2,1-4H3,(H-,38,39,40,41);1-4,6,8,42H,5,7,9H2,(H,39,40)(H,46,47,48);1H3;/q;;-1;/p+1. The van der Waals surface area contributed by atoms with E-state index in [0.717, 1.165) is 40.0 Å². The van der Waals surface area contributed by atoms with E-state index >= 15 is 0 Å². The van der Waals surface area contributed by atoms with Crippen LogP contribution < -0.4 is 9.80 Å². The van der Waals surface area contributed by atoms with Gasteiger partial charge in [-0.1, -0.05) is 133 Å². The van der Waals surface area contributed by atoms with Gasteiger partial charge >= 0.3 is 46.4 Å². The number of benzene rings is 5. The Balaban J connectivity index is 0.000000266. The monoisotopic (exact) mass is 1510 g/mol. The summed E-state index contributed by atoms with van der Waals surface area (Å²) in [7, 11) is -8.06. The summed E-state index contributed by atoms with van der Waals surface area (Å²) in [5, 5.41) is 36.2. The molecule has 2 amide bonds. The van der Waals surface area contributed by atoms with Crippen molar-refractivity contribution in [3.63, 3.8) is 0 Å². The predicted molar refractivity (Wildman–Crippen MR) is 366 cm³/mol. The Bertz CT molecular complexity index is 4830. The van der Waals surface area contributed by atoms with Crippen molar-refractivity contribution in [1.29, 1.82) is 0 Å². The van der Waals surface area contributed by atoms with Crippen molar-refractivity contribution in [3.8, 4) is 0 Å². The summed E-state index contributed by atoms with van der Waals surface area (Å²) in [4.78, 5) is 117. The van der Waals surface area contributed by atoms with Gasteiger partial charge in [-0.3, -0.25) is 42.9 Å². The number of carbonyl (C=O) groups is 9. The van der Waals surface area contributed by atoms with E-state index in [1.807, 2.05) is 42.5 Å². The van der Waals surface area contributed by atoms with Crippen LogP contribution in [0.25, 0.3) is 22.2 Å². The number of aliphatic hydroxyl groups excluding tert-OH is 1. The van der Waals surface area contributed by atoms with Gasteiger partial charge in [0.15, 0.2) is 18.9 Å². The molecule has 5 N–H and O–H groups in total. The molecule has 4 aliphatic rings. The largest absolute Gasteiger partial charge is 0.506 e. The molecule has 100 heavy (non-hydrogen) atoms. The first-order valence-corrected chi connectivity index (χ1v) is 33.7. The van der Waals surface area contributed by atoms with Gasteiger partial charge < -0.3 is 47.0 Å². The Morgan fingerprint density at radius 2 is 1.23 bits per heavy atom. The van der Waals surface area contributed by atoms with E-state index in [2.05, 4.69) is 71.2 Å². The number of fused-ring (bicyclic) bond motifs is 5. The number of para-hydroxylation sites is 3. The highest BCUT2D eigenvalue weighted by Gasteiger charge is 2.47. The normalized spacial score (nSPS) is 14.9. The second-order valence-electron chi connectivity index (χ2n) is 23.0. The molecule has 1 aliphatic carbocycles. The summed E-state index contributed by atoms with van der Waals surface area (Å²) in [6.45, 7) is 8.12. The molecule has 0 unspecified atom stereocenters. The van der Waals surface area contributed by atoms with E-state index in [-0.39, 0.29) is 124 Å². The number of pyridine rings is 1. The van der Waals surface area contributed by atoms with Crippen LogP contribution >= 0.6 is 58.0 Å². The number of amides is 2. The van der Waals surface area contributed by atoms with Crippen molar-refractivity contribution in [2.24, 2.45) is 0 Å². The summed E-state index contributed by atoms with van der Waals surface area (Å²) in [6, 6.07) is 24.1. The van der Waals surface area contributed by atoms with Crippen LogP contribution in [0.1, 0.15) is 119 Å². The van der Waals surface area contributed by atoms with Gasteiger partial charge in [-0.05, 0) is 61.7 Å². The number of aliphatic hydroxyl groups is 1. The lowest BCUT2D eigenvalue weighted by Gasteiger charge is -2.26. The maximum Gasteiger partial charge on any atom is 0.425 e. The average molecular weight is 1510 g/mol. The zero-order valence-corrected chi connectivity index (χ0v) is 58.7. The SMILES string of the molecule is CC1(C)C(=CC=CC2=[N+](CCC(=O)OCCC(=O)O)c3ccccc3C2(C)C)N(CCC(=O)OCCC(=O)O)c2ccccc21.O=C(O)COC(=O)CCc1c(Cl)c(Cl)c2c(c1Cl)C(O)=C(c1ccc3cccc(N4C(=O)c5c(Cl)cc(S(=O)(=O)O)c(Cl)c5C4=O)c3n1)C2=O.O=S(=O)=O.[CH3-]. The Morgan fingerprint density at radius 3 is 1.85 bits per heavy atom.